The highest BCUT2D eigenvalue weighted by atomic mass is 127. The van der Waals surface area contributed by atoms with Crippen molar-refractivity contribution in [1.82, 2.24) is 16.0 Å². The zero-order chi connectivity index (χ0) is 19.4. The van der Waals surface area contributed by atoms with E-state index in [4.69, 9.17) is 0 Å². The molecule has 0 spiro atoms. The van der Waals surface area contributed by atoms with Crippen molar-refractivity contribution in [1.29, 1.82) is 0 Å². The standard InChI is InChI=1S/C20H35N5O.HI/c1-6-25(17-11-8-7-9-12-17)16-10-13-23-19(21-5)24-15-14-22-18(26)20(2,3)4;/h7-9,11-12H,6,10,13-16H2,1-5H3,(H,22,26)(H2,21,23,24);1H. The minimum atomic E-state index is -0.357. The number of nitrogens with zero attached hydrogens (tertiary/aromatic N) is 2. The van der Waals surface area contributed by atoms with E-state index in [1.807, 2.05) is 26.8 Å². The topological polar surface area (TPSA) is 68.8 Å². The van der Waals surface area contributed by atoms with Crippen molar-refractivity contribution in [3.63, 3.8) is 0 Å². The maximum absolute atomic E-state index is 11.8. The Kier molecular flexibility index (Phi) is 12.9. The minimum Gasteiger partial charge on any atom is -0.372 e. The van der Waals surface area contributed by atoms with Crippen LogP contribution in [0.25, 0.3) is 0 Å². The van der Waals surface area contributed by atoms with Crippen molar-refractivity contribution >= 4 is 41.5 Å². The zero-order valence-electron chi connectivity index (χ0n) is 17.3. The van der Waals surface area contributed by atoms with Gasteiger partial charge in [-0.15, -0.1) is 24.0 Å². The molecule has 0 heterocycles. The van der Waals surface area contributed by atoms with Crippen LogP contribution in [0.3, 0.4) is 0 Å². The van der Waals surface area contributed by atoms with Crippen molar-refractivity contribution in [2.45, 2.75) is 34.1 Å². The lowest BCUT2D eigenvalue weighted by atomic mass is 9.96. The van der Waals surface area contributed by atoms with Crippen molar-refractivity contribution < 1.29 is 4.79 Å². The summed E-state index contributed by atoms with van der Waals surface area (Å²) in [5, 5.41) is 9.46. The first-order chi connectivity index (χ1) is 12.4. The van der Waals surface area contributed by atoms with Crippen molar-refractivity contribution in [3.05, 3.63) is 30.3 Å². The Hall–Kier alpha value is -1.51. The Balaban J connectivity index is 0.00000676. The molecule has 0 saturated heterocycles. The number of rotatable bonds is 9. The molecule has 1 aromatic rings. The van der Waals surface area contributed by atoms with E-state index in [-0.39, 0.29) is 35.3 Å². The molecule has 0 atom stereocenters. The fourth-order valence-electron chi connectivity index (χ4n) is 2.43. The average Bonchev–Trinajstić information content (AvgIpc) is 2.63. The molecular formula is C20H36IN5O. The van der Waals surface area contributed by atoms with E-state index in [0.29, 0.717) is 13.1 Å². The Morgan fingerprint density at radius 2 is 1.63 bits per heavy atom. The van der Waals surface area contributed by atoms with Crippen LogP contribution in [0.5, 0.6) is 0 Å². The number of hydrogen-bond acceptors (Lipinski definition) is 3. The molecule has 0 unspecified atom stereocenters. The second kappa shape index (κ2) is 13.6. The van der Waals surface area contributed by atoms with Crippen LogP contribution in [-0.4, -0.2) is 51.6 Å². The molecule has 0 bridgehead atoms. The third-order valence-corrected chi connectivity index (χ3v) is 4.01. The van der Waals surface area contributed by atoms with Crippen LogP contribution >= 0.6 is 24.0 Å². The number of guanidine groups is 1. The zero-order valence-corrected chi connectivity index (χ0v) is 19.7. The number of anilines is 1. The third-order valence-electron chi connectivity index (χ3n) is 4.01. The van der Waals surface area contributed by atoms with E-state index in [1.165, 1.54) is 5.69 Å². The van der Waals surface area contributed by atoms with Gasteiger partial charge in [-0.3, -0.25) is 9.79 Å². The summed E-state index contributed by atoms with van der Waals surface area (Å²) < 4.78 is 0. The van der Waals surface area contributed by atoms with Crippen LogP contribution in [0, 0.1) is 5.41 Å². The Labute approximate surface area is 181 Å². The van der Waals surface area contributed by atoms with Gasteiger partial charge in [0.15, 0.2) is 5.96 Å². The molecule has 1 rings (SSSR count). The summed E-state index contributed by atoms with van der Waals surface area (Å²) in [6, 6.07) is 10.5. The predicted molar refractivity (Wildman–Crippen MR) is 126 cm³/mol. The first-order valence-corrected chi connectivity index (χ1v) is 9.41. The highest BCUT2D eigenvalue weighted by Gasteiger charge is 2.20. The maximum atomic E-state index is 11.8. The maximum Gasteiger partial charge on any atom is 0.225 e. The summed E-state index contributed by atoms with van der Waals surface area (Å²) in [5.41, 5.74) is 0.899. The average molecular weight is 489 g/mol. The molecule has 0 aliphatic rings. The Morgan fingerprint density at radius 1 is 1.04 bits per heavy atom. The number of carbonyl (C=O) groups excluding carboxylic acids is 1. The number of aliphatic imine (C=N–C) groups is 1. The smallest absolute Gasteiger partial charge is 0.225 e. The van der Waals surface area contributed by atoms with Crippen molar-refractivity contribution in [3.8, 4) is 0 Å². The first kappa shape index (κ1) is 25.5. The van der Waals surface area contributed by atoms with Gasteiger partial charge in [-0.2, -0.15) is 0 Å². The monoisotopic (exact) mass is 489 g/mol. The predicted octanol–water partition coefficient (Wildman–Crippen LogP) is 2.85. The van der Waals surface area contributed by atoms with Crippen LogP contribution < -0.4 is 20.9 Å². The first-order valence-electron chi connectivity index (χ1n) is 9.41. The number of benzene rings is 1. The molecule has 0 aromatic heterocycles. The summed E-state index contributed by atoms with van der Waals surface area (Å²) in [6.07, 6.45) is 1.02. The third kappa shape index (κ3) is 10.4. The second-order valence-electron chi connectivity index (χ2n) is 7.20. The molecular weight excluding hydrogens is 453 g/mol. The summed E-state index contributed by atoms with van der Waals surface area (Å²) in [5.74, 6) is 0.820. The number of amides is 1. The molecule has 7 heteroatoms. The van der Waals surface area contributed by atoms with Gasteiger partial charge in [-0.25, -0.2) is 0 Å². The van der Waals surface area contributed by atoms with Crippen LogP contribution in [0.4, 0.5) is 5.69 Å². The van der Waals surface area contributed by atoms with E-state index in [1.54, 1.807) is 7.05 Å². The lowest BCUT2D eigenvalue weighted by molar-refractivity contribution is -0.128. The fraction of sp³-hybridized carbons (Fsp3) is 0.600. The second-order valence-corrected chi connectivity index (χ2v) is 7.20. The largest absolute Gasteiger partial charge is 0.372 e. The molecule has 1 amide bonds. The minimum absolute atomic E-state index is 0. The van der Waals surface area contributed by atoms with Gasteiger partial charge in [0.2, 0.25) is 5.91 Å². The van der Waals surface area contributed by atoms with Crippen LogP contribution in [0.2, 0.25) is 0 Å². The van der Waals surface area contributed by atoms with E-state index in [9.17, 15) is 4.79 Å². The van der Waals surface area contributed by atoms with Crippen molar-refractivity contribution in [2.75, 3.05) is 44.7 Å². The molecule has 0 aliphatic carbocycles. The van der Waals surface area contributed by atoms with E-state index in [2.05, 4.69) is 57.0 Å². The van der Waals surface area contributed by atoms with Gasteiger partial charge >= 0.3 is 0 Å². The van der Waals surface area contributed by atoms with Gasteiger partial charge in [0.05, 0.1) is 0 Å². The highest BCUT2D eigenvalue weighted by Crippen LogP contribution is 2.13. The molecule has 3 N–H and O–H groups in total. The van der Waals surface area contributed by atoms with Gasteiger partial charge in [-0.05, 0) is 25.5 Å². The van der Waals surface area contributed by atoms with Crippen LogP contribution in [-0.2, 0) is 4.79 Å². The quantitative estimate of drug-likeness (QED) is 0.216. The highest BCUT2D eigenvalue weighted by molar-refractivity contribution is 14.0. The number of hydrogen-bond donors (Lipinski definition) is 3. The number of nitrogens with one attached hydrogen (secondary N) is 3. The molecule has 0 saturated carbocycles. The number of carbonyl (C=O) groups is 1. The van der Waals surface area contributed by atoms with Gasteiger partial charge in [-0.1, -0.05) is 39.0 Å². The summed E-state index contributed by atoms with van der Waals surface area (Å²) in [4.78, 5) is 18.4. The van der Waals surface area contributed by atoms with Crippen molar-refractivity contribution in [2.24, 2.45) is 10.4 Å². The van der Waals surface area contributed by atoms with Gasteiger partial charge in [0.1, 0.15) is 0 Å². The lowest BCUT2D eigenvalue weighted by Gasteiger charge is -2.23. The number of halogens is 1. The molecule has 0 aliphatic heterocycles. The molecule has 6 nitrogen and oxygen atoms in total. The number of para-hydroxylation sites is 1. The SMILES string of the molecule is CCN(CCCNC(=NC)NCCNC(=O)C(C)(C)C)c1ccccc1.I. The molecule has 154 valence electrons. The van der Waals surface area contributed by atoms with E-state index >= 15 is 0 Å². The van der Waals surface area contributed by atoms with Gasteiger partial charge in [0.25, 0.3) is 0 Å². The summed E-state index contributed by atoms with van der Waals surface area (Å²) >= 11 is 0. The molecule has 27 heavy (non-hydrogen) atoms. The van der Waals surface area contributed by atoms with Crippen LogP contribution in [0.1, 0.15) is 34.1 Å². The summed E-state index contributed by atoms with van der Waals surface area (Å²) in [7, 11) is 1.76. The van der Waals surface area contributed by atoms with Gasteiger partial charge in [0, 0.05) is 50.9 Å². The lowest BCUT2D eigenvalue weighted by Crippen LogP contribution is -2.44. The fourth-order valence-corrected chi connectivity index (χ4v) is 2.43. The Bertz CT molecular complexity index is 557. The molecule has 1 aromatic carbocycles. The summed E-state index contributed by atoms with van der Waals surface area (Å²) in [6.45, 7) is 11.9. The van der Waals surface area contributed by atoms with E-state index < -0.39 is 0 Å². The van der Waals surface area contributed by atoms with E-state index in [0.717, 1.165) is 32.0 Å². The normalized spacial score (nSPS) is 11.4. The molecule has 0 radical (unpaired) electrons. The van der Waals surface area contributed by atoms with Crippen LogP contribution in [0.15, 0.2) is 35.3 Å². The Morgan fingerprint density at radius 3 is 2.19 bits per heavy atom. The van der Waals surface area contributed by atoms with Gasteiger partial charge < -0.3 is 20.9 Å². The molecule has 0 fully saturated rings.